The van der Waals surface area contributed by atoms with E-state index in [4.69, 9.17) is 0 Å². The summed E-state index contributed by atoms with van der Waals surface area (Å²) < 4.78 is 62.6. The van der Waals surface area contributed by atoms with Crippen molar-refractivity contribution in [2.24, 2.45) is 0 Å². The Morgan fingerprint density at radius 1 is 1.04 bits per heavy atom. The van der Waals surface area contributed by atoms with Crippen LogP contribution in [0.25, 0.3) is 0 Å². The van der Waals surface area contributed by atoms with Gasteiger partial charge in [0.05, 0.1) is 17.5 Å². The number of nitrogens with one attached hydrogen (secondary N) is 1. The first-order chi connectivity index (χ1) is 12.6. The fraction of sp³-hybridized carbons (Fsp3) is 0.278. The quantitative estimate of drug-likeness (QED) is 0.777. The zero-order valence-corrected chi connectivity index (χ0v) is 15.3. The monoisotopic (exact) mass is 400 g/mol. The number of hydrogen-bond acceptors (Lipinski definition) is 3. The van der Waals surface area contributed by atoms with Crippen LogP contribution in [0.2, 0.25) is 0 Å². The molecule has 0 unspecified atom stereocenters. The summed E-state index contributed by atoms with van der Waals surface area (Å²) in [6, 6.07) is 13.0. The van der Waals surface area contributed by atoms with Crippen molar-refractivity contribution in [3.8, 4) is 0 Å². The summed E-state index contributed by atoms with van der Waals surface area (Å²) in [5.74, 6) is -0.545. The van der Waals surface area contributed by atoms with Gasteiger partial charge in [0, 0.05) is 6.54 Å². The lowest BCUT2D eigenvalue weighted by molar-refractivity contribution is -0.137. The van der Waals surface area contributed by atoms with E-state index < -0.39 is 34.2 Å². The maximum absolute atomic E-state index is 12.6. The zero-order chi connectivity index (χ0) is 20.1. The van der Waals surface area contributed by atoms with Gasteiger partial charge in [-0.15, -0.1) is 0 Å². The van der Waals surface area contributed by atoms with Crippen LogP contribution < -0.4 is 9.62 Å². The third kappa shape index (κ3) is 6.28. The number of carbonyl (C=O) groups is 1. The summed E-state index contributed by atoms with van der Waals surface area (Å²) in [4.78, 5) is 12.1. The molecule has 0 bridgehead atoms. The molecule has 0 atom stereocenters. The van der Waals surface area contributed by atoms with Gasteiger partial charge >= 0.3 is 6.18 Å². The second-order valence-corrected chi connectivity index (χ2v) is 7.81. The lowest BCUT2D eigenvalue weighted by Crippen LogP contribution is -2.41. The van der Waals surface area contributed by atoms with E-state index in [1.807, 2.05) is 30.3 Å². The van der Waals surface area contributed by atoms with Gasteiger partial charge < -0.3 is 5.32 Å². The molecular formula is C18H19F3N2O3S. The van der Waals surface area contributed by atoms with Crippen LogP contribution in [0, 0.1) is 0 Å². The molecule has 2 aromatic rings. The molecule has 1 amide bonds. The third-order valence-corrected chi connectivity index (χ3v) is 4.89. The second-order valence-electron chi connectivity index (χ2n) is 5.90. The Hall–Kier alpha value is -2.55. The van der Waals surface area contributed by atoms with Crippen LogP contribution in [-0.2, 0) is 27.4 Å². The number of anilines is 1. The van der Waals surface area contributed by atoms with Gasteiger partial charge in [-0.2, -0.15) is 13.2 Å². The Balaban J connectivity index is 2.03. The van der Waals surface area contributed by atoms with Gasteiger partial charge in [0.2, 0.25) is 15.9 Å². The number of halogens is 3. The van der Waals surface area contributed by atoms with Gasteiger partial charge in [0.15, 0.2) is 0 Å². The first kappa shape index (κ1) is 20.8. The van der Waals surface area contributed by atoms with E-state index >= 15 is 0 Å². The van der Waals surface area contributed by atoms with Crippen molar-refractivity contribution in [2.45, 2.75) is 12.6 Å². The van der Waals surface area contributed by atoms with Crippen LogP contribution in [0.4, 0.5) is 18.9 Å². The fourth-order valence-electron chi connectivity index (χ4n) is 2.39. The lowest BCUT2D eigenvalue weighted by Gasteiger charge is -2.22. The topological polar surface area (TPSA) is 66.5 Å². The molecule has 27 heavy (non-hydrogen) atoms. The minimum Gasteiger partial charge on any atom is -0.354 e. The molecule has 0 spiro atoms. The Kier molecular flexibility index (Phi) is 6.48. The highest BCUT2D eigenvalue weighted by molar-refractivity contribution is 7.92. The van der Waals surface area contributed by atoms with Crippen molar-refractivity contribution in [3.63, 3.8) is 0 Å². The summed E-state index contributed by atoms with van der Waals surface area (Å²) in [6.45, 7) is -0.202. The Morgan fingerprint density at radius 2 is 1.63 bits per heavy atom. The number of rotatable bonds is 7. The summed E-state index contributed by atoms with van der Waals surface area (Å²) in [5, 5.41) is 2.61. The molecule has 0 fully saturated rings. The van der Waals surface area contributed by atoms with Crippen LogP contribution in [0.15, 0.2) is 54.6 Å². The Labute approximate surface area is 155 Å². The molecule has 0 saturated heterocycles. The maximum Gasteiger partial charge on any atom is 0.416 e. The molecule has 9 heteroatoms. The number of carbonyl (C=O) groups excluding carboxylic acids is 1. The van der Waals surface area contributed by atoms with Crippen molar-refractivity contribution in [2.75, 3.05) is 23.7 Å². The van der Waals surface area contributed by atoms with Gasteiger partial charge in [-0.25, -0.2) is 8.42 Å². The number of benzene rings is 2. The smallest absolute Gasteiger partial charge is 0.354 e. The number of hydrogen-bond donors (Lipinski definition) is 1. The second kappa shape index (κ2) is 8.43. The van der Waals surface area contributed by atoms with Crippen LogP contribution in [0.5, 0.6) is 0 Å². The highest BCUT2D eigenvalue weighted by Gasteiger charge is 2.30. The normalized spacial score (nSPS) is 11.9. The highest BCUT2D eigenvalue weighted by Crippen LogP contribution is 2.30. The molecule has 0 aliphatic rings. The van der Waals surface area contributed by atoms with Gasteiger partial charge in [0.25, 0.3) is 0 Å². The molecule has 0 aromatic heterocycles. The molecule has 0 radical (unpaired) electrons. The molecule has 1 N–H and O–H groups in total. The molecule has 0 heterocycles. The van der Waals surface area contributed by atoms with E-state index in [0.717, 1.165) is 40.4 Å². The molecule has 0 aliphatic carbocycles. The van der Waals surface area contributed by atoms with E-state index in [0.29, 0.717) is 13.0 Å². The molecule has 0 aliphatic heterocycles. The van der Waals surface area contributed by atoms with Gasteiger partial charge in [-0.1, -0.05) is 30.3 Å². The SMILES string of the molecule is CS(=O)(=O)N(CC(=O)NCCc1ccccc1)c1ccc(C(F)(F)F)cc1. The van der Waals surface area contributed by atoms with Crippen LogP contribution in [0.3, 0.4) is 0 Å². The van der Waals surface area contributed by atoms with Gasteiger partial charge in [0.1, 0.15) is 6.54 Å². The summed E-state index contributed by atoms with van der Waals surface area (Å²) >= 11 is 0. The lowest BCUT2D eigenvalue weighted by atomic mass is 10.1. The average Bonchev–Trinajstić information content (AvgIpc) is 2.59. The van der Waals surface area contributed by atoms with Crippen molar-refractivity contribution >= 4 is 21.6 Å². The van der Waals surface area contributed by atoms with E-state index in [1.54, 1.807) is 0 Å². The van der Waals surface area contributed by atoms with Crippen LogP contribution >= 0.6 is 0 Å². The number of nitrogens with zero attached hydrogens (tertiary/aromatic N) is 1. The summed E-state index contributed by atoms with van der Waals surface area (Å²) in [7, 11) is -3.85. The number of amides is 1. The van der Waals surface area contributed by atoms with E-state index in [2.05, 4.69) is 5.32 Å². The van der Waals surface area contributed by atoms with Crippen molar-refractivity contribution in [1.29, 1.82) is 0 Å². The first-order valence-electron chi connectivity index (χ1n) is 8.03. The summed E-state index contributed by atoms with van der Waals surface area (Å²) in [5.41, 5.74) is 0.108. The van der Waals surface area contributed by atoms with Gasteiger partial charge in [-0.05, 0) is 36.2 Å². The van der Waals surface area contributed by atoms with E-state index in [9.17, 15) is 26.4 Å². The van der Waals surface area contributed by atoms with Crippen LogP contribution in [0.1, 0.15) is 11.1 Å². The molecule has 2 aromatic carbocycles. The minimum atomic E-state index is -4.52. The van der Waals surface area contributed by atoms with Crippen LogP contribution in [-0.4, -0.2) is 33.7 Å². The highest BCUT2D eigenvalue weighted by atomic mass is 32.2. The predicted molar refractivity (Wildman–Crippen MR) is 96.8 cm³/mol. The van der Waals surface area contributed by atoms with Gasteiger partial charge in [-0.3, -0.25) is 9.10 Å². The van der Waals surface area contributed by atoms with E-state index in [-0.39, 0.29) is 5.69 Å². The zero-order valence-electron chi connectivity index (χ0n) is 14.5. The molecule has 2 rings (SSSR count). The predicted octanol–water partition coefficient (Wildman–Crippen LogP) is 2.83. The minimum absolute atomic E-state index is 0.0105. The van der Waals surface area contributed by atoms with Crippen molar-refractivity contribution < 1.29 is 26.4 Å². The molecule has 0 saturated carbocycles. The largest absolute Gasteiger partial charge is 0.416 e. The maximum atomic E-state index is 12.6. The Bertz CT molecular complexity index is 867. The molecular weight excluding hydrogens is 381 g/mol. The number of sulfonamides is 1. The third-order valence-electron chi connectivity index (χ3n) is 3.75. The first-order valence-corrected chi connectivity index (χ1v) is 9.88. The summed E-state index contributed by atoms with van der Waals surface area (Å²) in [6.07, 6.45) is -3.06. The average molecular weight is 400 g/mol. The Morgan fingerprint density at radius 3 is 2.15 bits per heavy atom. The molecule has 5 nitrogen and oxygen atoms in total. The standard InChI is InChI=1S/C18H19F3N2O3S/c1-27(25,26)23(16-9-7-15(8-10-16)18(19,20)21)13-17(24)22-12-11-14-5-3-2-4-6-14/h2-10H,11-13H2,1H3,(H,22,24). The van der Waals surface area contributed by atoms with Crippen molar-refractivity contribution in [3.05, 3.63) is 65.7 Å². The molecule has 146 valence electrons. The van der Waals surface area contributed by atoms with Crippen molar-refractivity contribution in [1.82, 2.24) is 5.32 Å². The number of alkyl halides is 3. The van der Waals surface area contributed by atoms with E-state index in [1.165, 1.54) is 0 Å². The fourth-order valence-corrected chi connectivity index (χ4v) is 3.25.